The Morgan fingerprint density at radius 3 is 2.94 bits per heavy atom. The molecule has 1 atom stereocenters. The molecule has 2 heterocycles. The third-order valence-electron chi connectivity index (χ3n) is 3.17. The minimum Gasteiger partial charge on any atom is -0.369 e. The standard InChI is InChI=1S/C13H22BrN3O/c1-13(2)10-17(9-12(8-14)18-13)6-3-5-16-7-4-15-11-16/h4,7,11-12H,3,5-6,8-10H2,1-2H3. The molecule has 18 heavy (non-hydrogen) atoms. The van der Waals surface area contributed by atoms with Gasteiger partial charge in [0.05, 0.1) is 18.0 Å². The lowest BCUT2D eigenvalue weighted by Crippen LogP contribution is -2.53. The molecule has 0 bridgehead atoms. The van der Waals surface area contributed by atoms with E-state index in [0.717, 1.165) is 37.9 Å². The first-order chi connectivity index (χ1) is 8.59. The number of halogens is 1. The third-order valence-corrected chi connectivity index (χ3v) is 3.90. The first-order valence-electron chi connectivity index (χ1n) is 6.51. The van der Waals surface area contributed by atoms with Crippen molar-refractivity contribution < 1.29 is 4.74 Å². The maximum atomic E-state index is 6.00. The van der Waals surface area contributed by atoms with Crippen molar-refractivity contribution in [2.45, 2.75) is 38.5 Å². The zero-order valence-corrected chi connectivity index (χ0v) is 12.8. The van der Waals surface area contributed by atoms with Gasteiger partial charge in [0.2, 0.25) is 0 Å². The van der Waals surface area contributed by atoms with Crippen LogP contribution in [0, 0.1) is 0 Å². The highest BCUT2D eigenvalue weighted by atomic mass is 79.9. The van der Waals surface area contributed by atoms with E-state index in [1.165, 1.54) is 0 Å². The summed E-state index contributed by atoms with van der Waals surface area (Å²) in [4.78, 5) is 6.57. The molecule has 1 aliphatic rings. The van der Waals surface area contributed by atoms with Gasteiger partial charge >= 0.3 is 0 Å². The number of aromatic nitrogens is 2. The summed E-state index contributed by atoms with van der Waals surface area (Å²) in [5.74, 6) is 0. The predicted octanol–water partition coefficient (Wildman–Crippen LogP) is 2.15. The van der Waals surface area contributed by atoms with E-state index in [0.29, 0.717) is 6.10 Å². The van der Waals surface area contributed by atoms with Crippen LogP contribution in [0.2, 0.25) is 0 Å². The zero-order valence-electron chi connectivity index (χ0n) is 11.2. The van der Waals surface area contributed by atoms with Crippen molar-refractivity contribution in [3.05, 3.63) is 18.7 Å². The van der Waals surface area contributed by atoms with Crippen LogP contribution >= 0.6 is 15.9 Å². The average Bonchev–Trinajstić information content (AvgIpc) is 2.80. The Balaban J connectivity index is 1.77. The third kappa shape index (κ3) is 4.07. The highest BCUT2D eigenvalue weighted by molar-refractivity contribution is 9.09. The normalized spacial score (nSPS) is 24.3. The van der Waals surface area contributed by atoms with Crippen molar-refractivity contribution in [3.8, 4) is 0 Å². The van der Waals surface area contributed by atoms with Gasteiger partial charge in [0, 0.05) is 43.9 Å². The van der Waals surface area contributed by atoms with Crippen LogP contribution in [0.3, 0.4) is 0 Å². The van der Waals surface area contributed by atoms with E-state index < -0.39 is 0 Å². The van der Waals surface area contributed by atoms with Gasteiger partial charge in [0.15, 0.2) is 0 Å². The molecule has 1 unspecified atom stereocenters. The summed E-state index contributed by atoms with van der Waals surface area (Å²) in [6.45, 7) is 8.54. The highest BCUT2D eigenvalue weighted by Crippen LogP contribution is 2.22. The number of aryl methyl sites for hydroxylation is 1. The van der Waals surface area contributed by atoms with Gasteiger partial charge in [-0.3, -0.25) is 4.90 Å². The molecule has 2 rings (SSSR count). The molecule has 1 saturated heterocycles. The topological polar surface area (TPSA) is 30.3 Å². The second-order valence-electron chi connectivity index (χ2n) is 5.54. The van der Waals surface area contributed by atoms with Gasteiger partial charge in [-0.15, -0.1) is 0 Å². The van der Waals surface area contributed by atoms with E-state index in [4.69, 9.17) is 4.74 Å². The number of morpholine rings is 1. The van der Waals surface area contributed by atoms with Gasteiger partial charge in [-0.1, -0.05) is 15.9 Å². The Morgan fingerprint density at radius 1 is 1.44 bits per heavy atom. The zero-order chi connectivity index (χ0) is 13.0. The summed E-state index contributed by atoms with van der Waals surface area (Å²) in [5, 5.41) is 0.911. The minimum absolute atomic E-state index is 0.0360. The second-order valence-corrected chi connectivity index (χ2v) is 6.19. The Bertz CT molecular complexity index is 353. The fraction of sp³-hybridized carbons (Fsp3) is 0.769. The number of nitrogens with zero attached hydrogens (tertiary/aromatic N) is 3. The molecular weight excluding hydrogens is 294 g/mol. The molecule has 1 aromatic rings. The quantitative estimate of drug-likeness (QED) is 0.780. The van der Waals surface area contributed by atoms with Crippen molar-refractivity contribution in [1.82, 2.24) is 14.5 Å². The SMILES string of the molecule is CC1(C)CN(CCCn2ccnc2)CC(CBr)O1. The smallest absolute Gasteiger partial charge is 0.0945 e. The molecule has 5 heteroatoms. The van der Waals surface area contributed by atoms with Crippen molar-refractivity contribution in [1.29, 1.82) is 0 Å². The Morgan fingerprint density at radius 2 is 2.28 bits per heavy atom. The van der Waals surface area contributed by atoms with E-state index >= 15 is 0 Å². The highest BCUT2D eigenvalue weighted by Gasteiger charge is 2.32. The van der Waals surface area contributed by atoms with Crippen LogP contribution < -0.4 is 0 Å². The molecule has 4 nitrogen and oxygen atoms in total. The first kappa shape index (κ1) is 14.0. The molecule has 0 N–H and O–H groups in total. The molecule has 1 fully saturated rings. The van der Waals surface area contributed by atoms with Crippen LogP contribution in [0.1, 0.15) is 20.3 Å². The Hall–Kier alpha value is -0.390. The number of imidazole rings is 1. The minimum atomic E-state index is -0.0360. The number of alkyl halides is 1. The molecule has 0 spiro atoms. The summed E-state index contributed by atoms with van der Waals surface area (Å²) < 4.78 is 8.13. The van der Waals surface area contributed by atoms with Crippen molar-refractivity contribution >= 4 is 15.9 Å². The summed E-state index contributed by atoms with van der Waals surface area (Å²) in [6.07, 6.45) is 7.19. The van der Waals surface area contributed by atoms with Crippen LogP contribution in [0.5, 0.6) is 0 Å². The van der Waals surface area contributed by atoms with Crippen LogP contribution in [0.15, 0.2) is 18.7 Å². The Kier molecular flexibility index (Phi) is 4.81. The van der Waals surface area contributed by atoms with Crippen molar-refractivity contribution in [2.75, 3.05) is 25.0 Å². The molecule has 0 radical (unpaired) electrons. The number of hydrogen-bond donors (Lipinski definition) is 0. The molecule has 0 saturated carbocycles. The predicted molar refractivity (Wildman–Crippen MR) is 76.0 cm³/mol. The second kappa shape index (κ2) is 6.17. The van der Waals surface area contributed by atoms with Gasteiger partial charge < -0.3 is 9.30 Å². The maximum absolute atomic E-state index is 6.00. The van der Waals surface area contributed by atoms with Gasteiger partial charge in [-0.25, -0.2) is 4.98 Å². The lowest BCUT2D eigenvalue weighted by atomic mass is 10.1. The molecule has 1 aromatic heterocycles. The first-order valence-corrected chi connectivity index (χ1v) is 7.63. The molecule has 0 amide bonds. The van der Waals surface area contributed by atoms with Gasteiger partial charge in [-0.05, 0) is 20.3 Å². The number of ether oxygens (including phenoxy) is 1. The van der Waals surface area contributed by atoms with E-state index in [1.54, 1.807) is 0 Å². The lowest BCUT2D eigenvalue weighted by molar-refractivity contribution is -0.126. The van der Waals surface area contributed by atoms with Crippen molar-refractivity contribution in [3.63, 3.8) is 0 Å². The molecular formula is C13H22BrN3O. The van der Waals surface area contributed by atoms with Crippen LogP contribution in [-0.2, 0) is 11.3 Å². The van der Waals surface area contributed by atoms with E-state index in [2.05, 4.69) is 44.2 Å². The van der Waals surface area contributed by atoms with Gasteiger partial charge in [0.25, 0.3) is 0 Å². The van der Waals surface area contributed by atoms with Gasteiger partial charge in [0.1, 0.15) is 0 Å². The fourth-order valence-corrected chi connectivity index (χ4v) is 2.90. The Labute approximate surface area is 117 Å². The number of hydrogen-bond acceptors (Lipinski definition) is 3. The summed E-state index contributed by atoms with van der Waals surface area (Å²) in [7, 11) is 0. The fourth-order valence-electron chi connectivity index (χ4n) is 2.56. The molecule has 1 aliphatic heterocycles. The largest absolute Gasteiger partial charge is 0.369 e. The molecule has 0 aromatic carbocycles. The number of rotatable bonds is 5. The van der Waals surface area contributed by atoms with E-state index in [1.807, 2.05) is 18.7 Å². The van der Waals surface area contributed by atoms with Crippen LogP contribution in [-0.4, -0.2) is 51.1 Å². The van der Waals surface area contributed by atoms with Crippen LogP contribution in [0.4, 0.5) is 0 Å². The average molecular weight is 316 g/mol. The van der Waals surface area contributed by atoms with Gasteiger partial charge in [-0.2, -0.15) is 0 Å². The maximum Gasteiger partial charge on any atom is 0.0945 e. The summed E-state index contributed by atoms with van der Waals surface area (Å²) in [5.41, 5.74) is -0.0360. The monoisotopic (exact) mass is 315 g/mol. The summed E-state index contributed by atoms with van der Waals surface area (Å²) in [6, 6.07) is 0. The van der Waals surface area contributed by atoms with Crippen molar-refractivity contribution in [2.24, 2.45) is 0 Å². The molecule has 0 aliphatic carbocycles. The molecule has 102 valence electrons. The van der Waals surface area contributed by atoms with Crippen LogP contribution in [0.25, 0.3) is 0 Å². The van der Waals surface area contributed by atoms with E-state index in [-0.39, 0.29) is 5.60 Å². The van der Waals surface area contributed by atoms with E-state index in [9.17, 15) is 0 Å². The lowest BCUT2D eigenvalue weighted by Gasteiger charge is -2.42. The summed E-state index contributed by atoms with van der Waals surface area (Å²) >= 11 is 3.53.